The Bertz CT molecular complexity index is 624. The van der Waals surface area contributed by atoms with Crippen LogP contribution in [0, 0.1) is 35.0 Å². The van der Waals surface area contributed by atoms with Gasteiger partial charge in [-0.1, -0.05) is 6.92 Å². The standard InChI is InChI=1S/C13H19N3O2.C8H14O3/c14-7-10-5-9-6-11(9)16(10)13(17)12(15)8-1-3-18-4-2-8;1-6(8(9)10)7-2-4-11-5-3-7/h8-12H,1-6,15H2;6-7H,2-5H2,1H3,(H,9,10). The van der Waals surface area contributed by atoms with Crippen LogP contribution in [0.4, 0.5) is 0 Å². The molecule has 5 atom stereocenters. The molecule has 3 aliphatic heterocycles. The van der Waals surface area contributed by atoms with Crippen molar-refractivity contribution in [2.45, 2.75) is 63.6 Å². The smallest absolute Gasteiger partial charge is 0.306 e. The van der Waals surface area contributed by atoms with E-state index in [0.29, 0.717) is 31.1 Å². The minimum absolute atomic E-state index is 0.0153. The first-order valence-corrected chi connectivity index (χ1v) is 10.8. The van der Waals surface area contributed by atoms with Crippen molar-refractivity contribution in [1.82, 2.24) is 4.90 Å². The Morgan fingerprint density at radius 2 is 1.62 bits per heavy atom. The largest absolute Gasteiger partial charge is 0.481 e. The Kier molecular flexibility index (Phi) is 7.49. The molecule has 1 aliphatic carbocycles. The molecule has 8 heteroatoms. The van der Waals surface area contributed by atoms with Crippen molar-refractivity contribution in [3.63, 3.8) is 0 Å². The third kappa shape index (κ3) is 5.27. The van der Waals surface area contributed by atoms with Gasteiger partial charge < -0.3 is 25.2 Å². The minimum atomic E-state index is -0.683. The summed E-state index contributed by atoms with van der Waals surface area (Å²) in [6.45, 7) is 4.61. The number of hydrogen-bond donors (Lipinski definition) is 2. The first-order valence-electron chi connectivity index (χ1n) is 10.8. The first-order chi connectivity index (χ1) is 13.9. The monoisotopic (exact) mass is 407 g/mol. The summed E-state index contributed by atoms with van der Waals surface area (Å²) in [5.41, 5.74) is 6.11. The topological polar surface area (TPSA) is 126 Å². The highest BCUT2D eigenvalue weighted by Crippen LogP contribution is 2.48. The number of rotatable bonds is 4. The Labute approximate surface area is 172 Å². The zero-order valence-electron chi connectivity index (χ0n) is 17.2. The van der Waals surface area contributed by atoms with E-state index in [2.05, 4.69) is 6.07 Å². The Morgan fingerprint density at radius 1 is 1.07 bits per heavy atom. The number of piperidine rings is 1. The van der Waals surface area contributed by atoms with Crippen LogP contribution in [0.15, 0.2) is 0 Å². The summed E-state index contributed by atoms with van der Waals surface area (Å²) in [4.78, 5) is 24.8. The number of fused-ring (bicyclic) bond motifs is 1. The number of nitrogens with two attached hydrogens (primary N) is 1. The van der Waals surface area contributed by atoms with Gasteiger partial charge in [0.1, 0.15) is 6.04 Å². The second kappa shape index (κ2) is 9.88. The van der Waals surface area contributed by atoms with Gasteiger partial charge in [-0.15, -0.1) is 0 Å². The molecule has 0 aromatic carbocycles. The van der Waals surface area contributed by atoms with Crippen LogP contribution in [0.1, 0.15) is 45.4 Å². The number of carbonyl (C=O) groups excluding carboxylic acids is 1. The molecule has 0 aromatic heterocycles. The van der Waals surface area contributed by atoms with E-state index in [-0.39, 0.29) is 23.8 Å². The predicted octanol–water partition coefficient (Wildman–Crippen LogP) is 1.39. The zero-order chi connectivity index (χ0) is 21.0. The number of nitrogens with zero attached hydrogens (tertiary/aromatic N) is 2. The molecule has 3 saturated heterocycles. The van der Waals surface area contributed by atoms with Crippen LogP contribution in [0.3, 0.4) is 0 Å². The summed E-state index contributed by atoms with van der Waals surface area (Å²) in [7, 11) is 0. The van der Waals surface area contributed by atoms with E-state index in [1.54, 1.807) is 11.8 Å². The van der Waals surface area contributed by atoms with E-state index < -0.39 is 12.0 Å². The summed E-state index contributed by atoms with van der Waals surface area (Å²) >= 11 is 0. The van der Waals surface area contributed by atoms with Crippen molar-refractivity contribution < 1.29 is 24.2 Å². The normalized spacial score (nSPS) is 31.6. The van der Waals surface area contributed by atoms with Crippen molar-refractivity contribution in [2.75, 3.05) is 26.4 Å². The molecule has 3 heterocycles. The molecule has 1 saturated carbocycles. The molecular weight excluding hydrogens is 374 g/mol. The fourth-order valence-corrected chi connectivity index (χ4v) is 4.76. The average Bonchev–Trinajstić information content (AvgIpc) is 3.43. The quantitative estimate of drug-likeness (QED) is 0.721. The predicted molar refractivity (Wildman–Crippen MR) is 105 cm³/mol. The van der Waals surface area contributed by atoms with Gasteiger partial charge in [0, 0.05) is 32.5 Å². The van der Waals surface area contributed by atoms with Crippen molar-refractivity contribution in [2.24, 2.45) is 29.4 Å². The lowest BCUT2D eigenvalue weighted by molar-refractivity contribution is -0.144. The van der Waals surface area contributed by atoms with Gasteiger partial charge in [-0.2, -0.15) is 5.26 Å². The van der Waals surface area contributed by atoms with E-state index in [0.717, 1.165) is 51.7 Å². The second-order valence-corrected chi connectivity index (χ2v) is 8.74. The number of aliphatic carboxylic acids is 1. The highest BCUT2D eigenvalue weighted by Gasteiger charge is 2.55. The van der Waals surface area contributed by atoms with Gasteiger partial charge in [-0.05, 0) is 56.3 Å². The van der Waals surface area contributed by atoms with Crippen molar-refractivity contribution in [1.29, 1.82) is 5.26 Å². The zero-order valence-corrected chi connectivity index (χ0v) is 17.2. The molecular formula is C21H33N3O5. The van der Waals surface area contributed by atoms with Crippen LogP contribution in [0.25, 0.3) is 0 Å². The molecule has 162 valence electrons. The minimum Gasteiger partial charge on any atom is -0.481 e. The first kappa shape index (κ1) is 22.0. The third-order valence-corrected chi connectivity index (χ3v) is 6.93. The van der Waals surface area contributed by atoms with Crippen LogP contribution in [0.5, 0.6) is 0 Å². The lowest BCUT2D eigenvalue weighted by atomic mass is 9.87. The van der Waals surface area contributed by atoms with Crippen molar-refractivity contribution >= 4 is 11.9 Å². The molecule has 8 nitrogen and oxygen atoms in total. The number of likely N-dealkylation sites (tertiary alicyclic amines) is 1. The van der Waals surface area contributed by atoms with E-state index in [1.165, 1.54) is 0 Å². The van der Waals surface area contributed by atoms with E-state index >= 15 is 0 Å². The third-order valence-electron chi connectivity index (χ3n) is 6.93. The lowest BCUT2D eigenvalue weighted by Gasteiger charge is -2.31. The number of carboxylic acids is 1. The van der Waals surface area contributed by atoms with Crippen LogP contribution in [-0.2, 0) is 19.1 Å². The lowest BCUT2D eigenvalue weighted by Crippen LogP contribution is -2.51. The summed E-state index contributed by atoms with van der Waals surface area (Å²) in [6.07, 6.45) is 5.40. The molecule has 0 spiro atoms. The molecule has 0 bridgehead atoms. The highest BCUT2D eigenvalue weighted by molar-refractivity contribution is 5.83. The fraction of sp³-hybridized carbons (Fsp3) is 0.857. The Morgan fingerprint density at radius 3 is 2.14 bits per heavy atom. The second-order valence-electron chi connectivity index (χ2n) is 8.74. The van der Waals surface area contributed by atoms with Crippen molar-refractivity contribution in [3.8, 4) is 6.07 Å². The van der Waals surface area contributed by atoms with Crippen LogP contribution in [0.2, 0.25) is 0 Å². The van der Waals surface area contributed by atoms with Gasteiger partial charge >= 0.3 is 5.97 Å². The molecule has 1 amide bonds. The number of nitriles is 1. The van der Waals surface area contributed by atoms with Gasteiger partial charge in [0.05, 0.1) is 18.0 Å². The number of amides is 1. The summed E-state index contributed by atoms with van der Waals surface area (Å²) in [6, 6.07) is 1.84. The van der Waals surface area contributed by atoms with E-state index in [1.807, 2.05) is 0 Å². The van der Waals surface area contributed by atoms with E-state index in [9.17, 15) is 9.59 Å². The number of hydrogen-bond acceptors (Lipinski definition) is 6. The maximum atomic E-state index is 12.5. The molecule has 4 fully saturated rings. The Balaban J connectivity index is 0.000000188. The molecule has 4 aliphatic rings. The molecule has 29 heavy (non-hydrogen) atoms. The maximum Gasteiger partial charge on any atom is 0.306 e. The van der Waals surface area contributed by atoms with E-state index in [4.69, 9.17) is 25.6 Å². The van der Waals surface area contributed by atoms with Gasteiger partial charge in [0.25, 0.3) is 0 Å². The molecule has 3 N–H and O–H groups in total. The summed E-state index contributed by atoms with van der Waals surface area (Å²) in [5, 5.41) is 17.8. The van der Waals surface area contributed by atoms with Gasteiger partial charge in [-0.3, -0.25) is 9.59 Å². The molecule has 0 radical (unpaired) electrons. The molecule has 5 unspecified atom stereocenters. The highest BCUT2D eigenvalue weighted by atomic mass is 16.5. The van der Waals surface area contributed by atoms with Gasteiger partial charge in [0.15, 0.2) is 0 Å². The maximum absolute atomic E-state index is 12.5. The van der Waals surface area contributed by atoms with Gasteiger partial charge in [0.2, 0.25) is 5.91 Å². The molecule has 4 rings (SSSR count). The number of carboxylic acid groups (broad SMARTS) is 1. The molecule has 0 aromatic rings. The van der Waals surface area contributed by atoms with Crippen LogP contribution >= 0.6 is 0 Å². The number of carbonyl (C=O) groups is 2. The van der Waals surface area contributed by atoms with Crippen LogP contribution in [-0.4, -0.2) is 66.4 Å². The summed E-state index contributed by atoms with van der Waals surface area (Å²) < 4.78 is 10.4. The Hall–Kier alpha value is -1.69. The summed E-state index contributed by atoms with van der Waals surface area (Å²) in [5.74, 6) is 0.180. The van der Waals surface area contributed by atoms with Crippen molar-refractivity contribution in [3.05, 3.63) is 0 Å². The number of ether oxygens (including phenoxy) is 2. The van der Waals surface area contributed by atoms with Gasteiger partial charge in [-0.25, -0.2) is 0 Å². The average molecular weight is 408 g/mol. The fourth-order valence-electron chi connectivity index (χ4n) is 4.76. The van der Waals surface area contributed by atoms with Crippen LogP contribution < -0.4 is 5.73 Å². The SMILES string of the molecule is CC(C(=O)O)C1CCOCC1.N#CC1CC2CC2N1C(=O)C(N)C1CCOCC1.